The number of carbonyl (C=O) groups excluding carboxylic acids is 2. The Balaban J connectivity index is 1.48. The third-order valence-corrected chi connectivity index (χ3v) is 5.24. The average molecular weight is 372 g/mol. The maximum atomic E-state index is 12.6. The molecule has 1 saturated heterocycles. The number of amides is 2. The van der Waals surface area contributed by atoms with Crippen LogP contribution >= 0.6 is 0 Å². The molecule has 0 radical (unpaired) electrons. The zero-order valence-corrected chi connectivity index (χ0v) is 16.5. The second-order valence-corrected chi connectivity index (χ2v) is 7.53. The summed E-state index contributed by atoms with van der Waals surface area (Å²) in [5, 5.41) is 11.4. The molecule has 0 atom stereocenters. The van der Waals surface area contributed by atoms with Crippen LogP contribution in [0.3, 0.4) is 0 Å². The highest BCUT2D eigenvalue weighted by Crippen LogP contribution is 2.23. The molecular formula is C19H28N6O2. The number of rotatable bonds is 5. The number of piperidine rings is 1. The summed E-state index contributed by atoms with van der Waals surface area (Å²) < 4.78 is 3.53. The first-order valence-electron chi connectivity index (χ1n) is 9.48. The van der Waals surface area contributed by atoms with Gasteiger partial charge in [-0.15, -0.1) is 0 Å². The van der Waals surface area contributed by atoms with Gasteiger partial charge in [-0.1, -0.05) is 0 Å². The van der Waals surface area contributed by atoms with Gasteiger partial charge in [0.2, 0.25) is 5.91 Å². The van der Waals surface area contributed by atoms with Crippen molar-refractivity contribution in [3.63, 3.8) is 0 Å². The fraction of sp³-hybridized carbons (Fsp3) is 0.579. The smallest absolute Gasteiger partial charge is 0.274 e. The van der Waals surface area contributed by atoms with Crippen LogP contribution in [0, 0.1) is 12.8 Å². The maximum Gasteiger partial charge on any atom is 0.274 e. The molecule has 2 aromatic heterocycles. The van der Waals surface area contributed by atoms with Crippen molar-refractivity contribution in [2.75, 3.05) is 18.4 Å². The second-order valence-electron chi connectivity index (χ2n) is 7.53. The number of nitrogens with zero attached hydrogens (tertiary/aromatic N) is 5. The van der Waals surface area contributed by atoms with Gasteiger partial charge in [0, 0.05) is 38.8 Å². The molecule has 27 heavy (non-hydrogen) atoms. The quantitative estimate of drug-likeness (QED) is 0.873. The van der Waals surface area contributed by atoms with Gasteiger partial charge in [-0.3, -0.25) is 19.0 Å². The third-order valence-electron chi connectivity index (χ3n) is 5.24. The summed E-state index contributed by atoms with van der Waals surface area (Å²) in [4.78, 5) is 26.8. The maximum absolute atomic E-state index is 12.6. The Morgan fingerprint density at radius 2 is 2.00 bits per heavy atom. The lowest BCUT2D eigenvalue weighted by Crippen LogP contribution is -2.39. The van der Waals surface area contributed by atoms with E-state index in [0.717, 1.165) is 24.2 Å². The standard InChI is InChI=1S/C19H28N6O2/c1-13(2)25-10-7-16(22-25)19(27)24-8-5-15(6-9-24)11-18(26)21-17-12-20-23(4)14(17)3/h7,10,12-13,15H,5-6,8-9,11H2,1-4H3,(H,21,26). The van der Waals surface area contributed by atoms with Gasteiger partial charge in [0.25, 0.3) is 5.91 Å². The molecule has 1 N–H and O–H groups in total. The lowest BCUT2D eigenvalue weighted by atomic mass is 9.93. The van der Waals surface area contributed by atoms with Crippen LogP contribution < -0.4 is 5.32 Å². The van der Waals surface area contributed by atoms with Crippen molar-refractivity contribution in [3.05, 3.63) is 29.8 Å². The Hall–Kier alpha value is -2.64. The van der Waals surface area contributed by atoms with Crippen molar-refractivity contribution in [2.24, 2.45) is 13.0 Å². The van der Waals surface area contributed by atoms with Crippen molar-refractivity contribution >= 4 is 17.5 Å². The number of hydrogen-bond acceptors (Lipinski definition) is 4. The number of likely N-dealkylation sites (tertiary alicyclic amines) is 1. The van der Waals surface area contributed by atoms with Crippen molar-refractivity contribution in [3.8, 4) is 0 Å². The van der Waals surface area contributed by atoms with E-state index in [-0.39, 0.29) is 17.9 Å². The van der Waals surface area contributed by atoms with E-state index < -0.39 is 0 Å². The summed E-state index contributed by atoms with van der Waals surface area (Å²) in [5.74, 6) is 0.272. The molecule has 0 bridgehead atoms. The van der Waals surface area contributed by atoms with Crippen LogP contribution in [0.4, 0.5) is 5.69 Å². The van der Waals surface area contributed by atoms with Crippen LogP contribution in [-0.2, 0) is 11.8 Å². The molecular weight excluding hydrogens is 344 g/mol. The molecule has 1 fully saturated rings. The molecule has 8 nitrogen and oxygen atoms in total. The molecule has 0 aliphatic carbocycles. The summed E-state index contributed by atoms with van der Waals surface area (Å²) in [6, 6.07) is 2.01. The van der Waals surface area contributed by atoms with Gasteiger partial charge in [0.1, 0.15) is 5.69 Å². The van der Waals surface area contributed by atoms with Crippen LogP contribution in [0.1, 0.15) is 55.3 Å². The van der Waals surface area contributed by atoms with Gasteiger partial charge in [0.05, 0.1) is 17.6 Å². The van der Waals surface area contributed by atoms with Crippen LogP contribution in [0.25, 0.3) is 0 Å². The first-order chi connectivity index (χ1) is 12.8. The Morgan fingerprint density at radius 1 is 1.30 bits per heavy atom. The zero-order valence-electron chi connectivity index (χ0n) is 16.5. The second kappa shape index (κ2) is 7.94. The molecule has 146 valence electrons. The number of nitrogens with one attached hydrogen (secondary N) is 1. The summed E-state index contributed by atoms with van der Waals surface area (Å²) in [6.45, 7) is 7.32. The number of anilines is 1. The van der Waals surface area contributed by atoms with Gasteiger partial charge in [-0.05, 0) is 45.6 Å². The molecule has 8 heteroatoms. The minimum Gasteiger partial charge on any atom is -0.337 e. The van der Waals surface area contributed by atoms with E-state index in [1.54, 1.807) is 21.6 Å². The van der Waals surface area contributed by atoms with Gasteiger partial charge in [-0.25, -0.2) is 0 Å². The SMILES string of the molecule is Cc1c(NC(=O)CC2CCN(C(=O)c3ccn(C(C)C)n3)CC2)cnn1C. The van der Waals surface area contributed by atoms with Gasteiger partial charge in [0.15, 0.2) is 0 Å². The van der Waals surface area contributed by atoms with Crippen LogP contribution in [0.5, 0.6) is 0 Å². The van der Waals surface area contributed by atoms with Gasteiger partial charge >= 0.3 is 0 Å². The van der Waals surface area contributed by atoms with Gasteiger partial charge in [-0.2, -0.15) is 10.2 Å². The first kappa shape index (κ1) is 19.1. The number of hydrogen-bond donors (Lipinski definition) is 1. The van der Waals surface area contributed by atoms with Crippen LogP contribution in [0.2, 0.25) is 0 Å². The highest BCUT2D eigenvalue weighted by atomic mass is 16.2. The predicted molar refractivity (Wildman–Crippen MR) is 102 cm³/mol. The van der Waals surface area contributed by atoms with E-state index in [0.29, 0.717) is 31.1 Å². The largest absolute Gasteiger partial charge is 0.337 e. The normalized spacial score (nSPS) is 15.4. The Labute approximate surface area is 159 Å². The highest BCUT2D eigenvalue weighted by Gasteiger charge is 2.26. The van der Waals surface area contributed by atoms with Crippen molar-refractivity contribution < 1.29 is 9.59 Å². The molecule has 0 unspecified atom stereocenters. The minimum absolute atomic E-state index is 0.00607. The molecule has 0 saturated carbocycles. The fourth-order valence-electron chi connectivity index (χ4n) is 3.33. The number of aryl methyl sites for hydroxylation is 1. The van der Waals surface area contributed by atoms with E-state index >= 15 is 0 Å². The lowest BCUT2D eigenvalue weighted by molar-refractivity contribution is -0.117. The molecule has 1 aliphatic rings. The summed E-state index contributed by atoms with van der Waals surface area (Å²) in [6.07, 6.45) is 5.64. The van der Waals surface area contributed by atoms with E-state index in [4.69, 9.17) is 0 Å². The van der Waals surface area contributed by atoms with Crippen molar-refractivity contribution in [1.29, 1.82) is 0 Å². The van der Waals surface area contributed by atoms with E-state index in [1.807, 2.05) is 38.9 Å². The lowest BCUT2D eigenvalue weighted by Gasteiger charge is -2.31. The first-order valence-corrected chi connectivity index (χ1v) is 9.48. The number of carbonyl (C=O) groups is 2. The Bertz CT molecular complexity index is 814. The monoisotopic (exact) mass is 372 g/mol. The zero-order chi connectivity index (χ0) is 19.6. The van der Waals surface area contributed by atoms with Gasteiger partial charge < -0.3 is 10.2 Å². The van der Waals surface area contributed by atoms with Crippen LogP contribution in [-0.4, -0.2) is 49.4 Å². The number of aromatic nitrogens is 4. The van der Waals surface area contributed by atoms with E-state index in [2.05, 4.69) is 15.5 Å². The highest BCUT2D eigenvalue weighted by molar-refractivity contribution is 5.92. The molecule has 0 spiro atoms. The Kier molecular flexibility index (Phi) is 5.62. The predicted octanol–water partition coefficient (Wildman–Crippen LogP) is 2.39. The topological polar surface area (TPSA) is 85.1 Å². The summed E-state index contributed by atoms with van der Waals surface area (Å²) in [5.41, 5.74) is 2.19. The molecule has 2 amide bonds. The average Bonchev–Trinajstić information content (AvgIpc) is 3.25. The molecule has 3 heterocycles. The molecule has 0 aromatic carbocycles. The van der Waals surface area contributed by atoms with Crippen molar-refractivity contribution in [1.82, 2.24) is 24.5 Å². The molecule has 3 rings (SSSR count). The molecule has 1 aliphatic heterocycles. The Morgan fingerprint density at radius 3 is 2.56 bits per heavy atom. The summed E-state index contributed by atoms with van der Waals surface area (Å²) in [7, 11) is 1.85. The van der Waals surface area contributed by atoms with E-state index in [1.165, 1.54) is 0 Å². The third kappa shape index (κ3) is 4.37. The minimum atomic E-state index is -0.0247. The molecule has 2 aromatic rings. The fourth-order valence-corrected chi connectivity index (χ4v) is 3.33. The van der Waals surface area contributed by atoms with E-state index in [9.17, 15) is 9.59 Å². The van der Waals surface area contributed by atoms with Crippen molar-refractivity contribution in [2.45, 2.75) is 46.1 Å². The summed E-state index contributed by atoms with van der Waals surface area (Å²) >= 11 is 0. The van der Waals surface area contributed by atoms with Crippen LogP contribution in [0.15, 0.2) is 18.5 Å².